The Hall–Kier alpha value is -2.31. The highest BCUT2D eigenvalue weighted by atomic mass is 35.5. The lowest BCUT2D eigenvalue weighted by Crippen LogP contribution is -2.39. The number of hydrogen-bond donors (Lipinski definition) is 1. The number of nitrogens with zero attached hydrogens (tertiary/aromatic N) is 4. The predicted octanol–water partition coefficient (Wildman–Crippen LogP) is 4.49. The molecule has 2 heterocycles. The maximum Gasteiger partial charge on any atom is 0.245 e. The van der Waals surface area contributed by atoms with Gasteiger partial charge in [0.05, 0.1) is 16.1 Å². The molecule has 0 saturated carbocycles. The van der Waals surface area contributed by atoms with Gasteiger partial charge in [0, 0.05) is 24.5 Å². The molecule has 1 fully saturated rings. The molecule has 1 saturated heterocycles. The van der Waals surface area contributed by atoms with Crippen LogP contribution in [0.1, 0.15) is 11.1 Å². The molecule has 146 valence electrons. The molecule has 2 aromatic carbocycles. The van der Waals surface area contributed by atoms with Crippen LogP contribution in [0.15, 0.2) is 46.7 Å². The number of rotatable bonds is 4. The second kappa shape index (κ2) is 7.60. The van der Waals surface area contributed by atoms with Gasteiger partial charge in [-0.25, -0.2) is 0 Å². The molecule has 0 spiro atoms. The third-order valence-corrected chi connectivity index (χ3v) is 5.96. The lowest BCUT2D eigenvalue weighted by atomic mass is 10.1. The van der Waals surface area contributed by atoms with E-state index in [1.165, 1.54) is 16.8 Å². The second-order valence-corrected chi connectivity index (χ2v) is 8.07. The van der Waals surface area contributed by atoms with Crippen molar-refractivity contribution in [3.05, 3.63) is 57.6 Å². The van der Waals surface area contributed by atoms with Crippen molar-refractivity contribution in [2.45, 2.75) is 25.9 Å². The van der Waals surface area contributed by atoms with Gasteiger partial charge in [0.15, 0.2) is 0 Å². The molecule has 0 aliphatic carbocycles. The normalized spacial score (nSPS) is 20.6. The summed E-state index contributed by atoms with van der Waals surface area (Å²) in [5.74, 6) is -0.163. The zero-order valence-electron chi connectivity index (χ0n) is 15.7. The van der Waals surface area contributed by atoms with Gasteiger partial charge in [-0.15, -0.1) is 0 Å². The van der Waals surface area contributed by atoms with Crippen LogP contribution in [0.2, 0.25) is 10.0 Å². The van der Waals surface area contributed by atoms with Crippen molar-refractivity contribution in [2.75, 3.05) is 29.9 Å². The van der Waals surface area contributed by atoms with E-state index in [9.17, 15) is 4.79 Å². The van der Waals surface area contributed by atoms with E-state index in [1.807, 2.05) is 0 Å². The number of benzene rings is 2. The fourth-order valence-corrected chi connectivity index (χ4v) is 4.23. The van der Waals surface area contributed by atoms with Gasteiger partial charge in [0.25, 0.3) is 0 Å². The Bertz CT molecular complexity index is 928. The van der Waals surface area contributed by atoms with E-state index in [4.69, 9.17) is 23.2 Å². The number of anilines is 2. The Balaban J connectivity index is 1.41. The van der Waals surface area contributed by atoms with Crippen LogP contribution in [0.3, 0.4) is 0 Å². The largest absolute Gasteiger partial charge is 0.367 e. The summed E-state index contributed by atoms with van der Waals surface area (Å²) in [5.41, 5.74) is 4.37. The first-order valence-corrected chi connectivity index (χ1v) is 9.91. The topological polar surface area (TPSA) is 60.3 Å². The Morgan fingerprint density at radius 2 is 1.89 bits per heavy atom. The molecule has 0 radical (unpaired) electrons. The quantitative estimate of drug-likeness (QED) is 0.796. The molecular weight excluding hydrogens is 397 g/mol. The number of para-hydroxylation sites is 1. The van der Waals surface area contributed by atoms with Gasteiger partial charge < -0.3 is 10.2 Å². The van der Waals surface area contributed by atoms with E-state index in [0.29, 0.717) is 15.7 Å². The van der Waals surface area contributed by atoms with Crippen molar-refractivity contribution >= 4 is 40.5 Å². The lowest BCUT2D eigenvalue weighted by molar-refractivity contribution is -0.117. The standard InChI is InChI=1S/C20H21Cl2N5O/c1-12-4-3-5-13(2)20(12)26-9-17-18(10-26)27(25-24-17)11-19(28)23-14-6-7-15(21)16(22)8-14/h3-8,17-18H,9-11H2,1-2H3,(H,23,28)/t17-,18-/m1/s1. The van der Waals surface area contributed by atoms with Crippen molar-refractivity contribution in [3.63, 3.8) is 0 Å². The van der Waals surface area contributed by atoms with Crippen LogP contribution in [-0.4, -0.2) is 42.6 Å². The number of hydrogen-bond acceptors (Lipinski definition) is 5. The Morgan fingerprint density at radius 1 is 1.14 bits per heavy atom. The summed E-state index contributed by atoms with van der Waals surface area (Å²) in [6.07, 6.45) is 0. The number of carbonyl (C=O) groups is 1. The summed E-state index contributed by atoms with van der Waals surface area (Å²) in [6.45, 7) is 6.00. The van der Waals surface area contributed by atoms with Crippen LogP contribution in [0.25, 0.3) is 0 Å². The molecule has 6 nitrogen and oxygen atoms in total. The first-order chi connectivity index (χ1) is 13.4. The molecule has 0 aromatic heterocycles. The van der Waals surface area contributed by atoms with E-state index in [1.54, 1.807) is 23.2 Å². The fourth-order valence-electron chi connectivity index (χ4n) is 3.93. The molecule has 1 amide bonds. The highest BCUT2D eigenvalue weighted by Gasteiger charge is 2.42. The summed E-state index contributed by atoms with van der Waals surface area (Å²) < 4.78 is 0. The van der Waals surface area contributed by atoms with Crippen molar-refractivity contribution in [1.29, 1.82) is 0 Å². The Morgan fingerprint density at radius 3 is 2.61 bits per heavy atom. The SMILES string of the molecule is Cc1cccc(C)c1N1C[C@@H]2[C@@H](C1)N=NN2CC(=O)Nc1ccc(Cl)c(Cl)c1. The summed E-state index contributed by atoms with van der Waals surface area (Å²) in [5, 5.41) is 14.1. The minimum Gasteiger partial charge on any atom is -0.367 e. The first kappa shape index (κ1) is 19.0. The molecule has 2 aromatic rings. The fraction of sp³-hybridized carbons (Fsp3) is 0.350. The number of aryl methyl sites for hydroxylation is 2. The molecule has 28 heavy (non-hydrogen) atoms. The van der Waals surface area contributed by atoms with E-state index >= 15 is 0 Å². The molecule has 2 atom stereocenters. The average molecular weight is 418 g/mol. The molecule has 0 unspecified atom stereocenters. The van der Waals surface area contributed by atoms with Gasteiger partial charge in [0.2, 0.25) is 5.91 Å². The van der Waals surface area contributed by atoms with Crippen molar-refractivity contribution in [1.82, 2.24) is 5.01 Å². The lowest BCUT2D eigenvalue weighted by Gasteiger charge is -2.25. The number of fused-ring (bicyclic) bond motifs is 1. The van der Waals surface area contributed by atoms with Crippen LogP contribution in [0.4, 0.5) is 11.4 Å². The molecule has 1 N–H and O–H groups in total. The van der Waals surface area contributed by atoms with Gasteiger partial charge >= 0.3 is 0 Å². The predicted molar refractivity (Wildman–Crippen MR) is 112 cm³/mol. The molecule has 4 rings (SSSR count). The molecule has 8 heteroatoms. The van der Waals surface area contributed by atoms with Crippen LogP contribution >= 0.6 is 23.2 Å². The smallest absolute Gasteiger partial charge is 0.245 e. The third kappa shape index (κ3) is 3.66. The van der Waals surface area contributed by atoms with Crippen LogP contribution in [-0.2, 0) is 4.79 Å². The number of amides is 1. The van der Waals surface area contributed by atoms with Gasteiger partial charge in [-0.1, -0.05) is 46.6 Å². The monoisotopic (exact) mass is 417 g/mol. The molecular formula is C20H21Cl2N5O. The zero-order chi connectivity index (χ0) is 19.8. The summed E-state index contributed by atoms with van der Waals surface area (Å²) in [6, 6.07) is 11.5. The average Bonchev–Trinajstić information content (AvgIpc) is 3.20. The van der Waals surface area contributed by atoms with Crippen molar-refractivity contribution < 1.29 is 4.79 Å². The summed E-state index contributed by atoms with van der Waals surface area (Å²) >= 11 is 11.9. The Labute approximate surface area is 174 Å². The number of carbonyl (C=O) groups excluding carboxylic acids is 1. The summed E-state index contributed by atoms with van der Waals surface area (Å²) in [7, 11) is 0. The maximum absolute atomic E-state index is 12.5. The molecule has 2 aliphatic rings. The maximum atomic E-state index is 12.5. The van der Waals surface area contributed by atoms with Gasteiger partial charge in [-0.05, 0) is 43.2 Å². The minimum atomic E-state index is -0.163. The van der Waals surface area contributed by atoms with E-state index in [0.717, 1.165) is 13.1 Å². The number of nitrogens with one attached hydrogen (secondary N) is 1. The summed E-state index contributed by atoms with van der Waals surface area (Å²) in [4.78, 5) is 14.8. The van der Waals surface area contributed by atoms with Crippen LogP contribution in [0.5, 0.6) is 0 Å². The molecule has 0 bridgehead atoms. The third-order valence-electron chi connectivity index (χ3n) is 5.22. The van der Waals surface area contributed by atoms with E-state index in [-0.39, 0.29) is 24.5 Å². The second-order valence-electron chi connectivity index (χ2n) is 7.26. The van der Waals surface area contributed by atoms with E-state index < -0.39 is 0 Å². The van der Waals surface area contributed by atoms with Crippen molar-refractivity contribution in [3.8, 4) is 0 Å². The highest BCUT2D eigenvalue weighted by Crippen LogP contribution is 2.33. The zero-order valence-corrected chi connectivity index (χ0v) is 17.2. The van der Waals surface area contributed by atoms with Gasteiger partial charge in [0.1, 0.15) is 12.6 Å². The number of halogens is 2. The Kier molecular flexibility index (Phi) is 5.17. The van der Waals surface area contributed by atoms with Gasteiger partial charge in [-0.3, -0.25) is 9.80 Å². The van der Waals surface area contributed by atoms with E-state index in [2.05, 4.69) is 52.6 Å². The van der Waals surface area contributed by atoms with Gasteiger partial charge in [-0.2, -0.15) is 5.11 Å². The highest BCUT2D eigenvalue weighted by molar-refractivity contribution is 6.42. The molecule has 2 aliphatic heterocycles. The van der Waals surface area contributed by atoms with Crippen LogP contribution < -0.4 is 10.2 Å². The van der Waals surface area contributed by atoms with Crippen LogP contribution in [0, 0.1) is 13.8 Å². The first-order valence-electron chi connectivity index (χ1n) is 9.16. The van der Waals surface area contributed by atoms with Crippen molar-refractivity contribution in [2.24, 2.45) is 10.3 Å². The minimum absolute atomic E-state index is 0.0804.